The lowest BCUT2D eigenvalue weighted by Gasteiger charge is -2.19. The third-order valence-electron chi connectivity index (χ3n) is 3.68. The van der Waals surface area contributed by atoms with Gasteiger partial charge in [-0.15, -0.1) is 0 Å². The monoisotopic (exact) mass is 419 g/mol. The van der Waals surface area contributed by atoms with Crippen LogP contribution >= 0.6 is 15.9 Å². The van der Waals surface area contributed by atoms with E-state index in [0.717, 1.165) is 4.47 Å². The largest absolute Gasteiger partial charge is 0.497 e. The summed E-state index contributed by atoms with van der Waals surface area (Å²) in [5.74, 6) is 0.310. The smallest absolute Gasteiger partial charge is 0.238 e. The maximum Gasteiger partial charge on any atom is 0.238 e. The number of anilines is 2. The van der Waals surface area contributed by atoms with Gasteiger partial charge in [-0.05, 0) is 46.7 Å². The summed E-state index contributed by atoms with van der Waals surface area (Å²) >= 11 is 3.39. The fourth-order valence-electron chi connectivity index (χ4n) is 2.34. The Balaban J connectivity index is 1.88. The molecular weight excluding hydrogens is 398 g/mol. The third kappa shape index (κ3) is 6.16. The van der Waals surface area contributed by atoms with Crippen molar-refractivity contribution < 1.29 is 14.3 Å². The lowest BCUT2D eigenvalue weighted by molar-refractivity contribution is -0.119. The molecule has 7 heteroatoms. The molecule has 6 nitrogen and oxygen atoms in total. The first kappa shape index (κ1) is 19.9. The van der Waals surface area contributed by atoms with Gasteiger partial charge in [-0.3, -0.25) is 14.5 Å². The molecule has 2 aromatic carbocycles. The molecule has 0 radical (unpaired) electrons. The van der Waals surface area contributed by atoms with Gasteiger partial charge in [0.15, 0.2) is 0 Å². The molecule has 2 amide bonds. The summed E-state index contributed by atoms with van der Waals surface area (Å²) in [6, 6.07) is 14.5. The molecule has 26 heavy (non-hydrogen) atoms. The van der Waals surface area contributed by atoms with Crippen molar-refractivity contribution in [2.45, 2.75) is 6.92 Å². The number of benzene rings is 2. The average Bonchev–Trinajstić information content (AvgIpc) is 2.63. The summed E-state index contributed by atoms with van der Waals surface area (Å²) in [7, 11) is 1.57. The first-order valence-electron chi connectivity index (χ1n) is 8.22. The van der Waals surface area contributed by atoms with Gasteiger partial charge in [0, 0.05) is 16.2 Å². The van der Waals surface area contributed by atoms with Gasteiger partial charge in [0.2, 0.25) is 11.8 Å². The van der Waals surface area contributed by atoms with E-state index in [1.165, 1.54) is 0 Å². The molecule has 0 aliphatic rings. The van der Waals surface area contributed by atoms with Gasteiger partial charge in [-0.1, -0.05) is 25.1 Å². The van der Waals surface area contributed by atoms with Crippen molar-refractivity contribution in [3.63, 3.8) is 0 Å². The molecule has 0 aliphatic heterocycles. The van der Waals surface area contributed by atoms with Crippen molar-refractivity contribution in [3.8, 4) is 5.75 Å². The Hall–Kier alpha value is -2.38. The molecule has 138 valence electrons. The fraction of sp³-hybridized carbons (Fsp3) is 0.263. The number of hydrogen-bond donors (Lipinski definition) is 2. The first-order chi connectivity index (χ1) is 12.5. The van der Waals surface area contributed by atoms with Crippen LogP contribution in [0.3, 0.4) is 0 Å². The van der Waals surface area contributed by atoms with Crippen molar-refractivity contribution in [3.05, 3.63) is 53.0 Å². The van der Waals surface area contributed by atoms with Crippen molar-refractivity contribution in [1.29, 1.82) is 0 Å². The summed E-state index contributed by atoms with van der Waals surface area (Å²) in [4.78, 5) is 26.2. The van der Waals surface area contributed by atoms with Gasteiger partial charge in [0.1, 0.15) is 5.75 Å². The van der Waals surface area contributed by atoms with Crippen LogP contribution in [0.1, 0.15) is 6.92 Å². The van der Waals surface area contributed by atoms with Crippen molar-refractivity contribution in [1.82, 2.24) is 4.90 Å². The van der Waals surface area contributed by atoms with Crippen LogP contribution in [0.2, 0.25) is 0 Å². The van der Waals surface area contributed by atoms with Crippen LogP contribution in [-0.4, -0.2) is 43.5 Å². The van der Waals surface area contributed by atoms with Crippen molar-refractivity contribution >= 4 is 39.1 Å². The lowest BCUT2D eigenvalue weighted by Crippen LogP contribution is -2.38. The number of carbonyl (C=O) groups excluding carboxylic acids is 2. The van der Waals surface area contributed by atoms with Gasteiger partial charge < -0.3 is 15.4 Å². The highest BCUT2D eigenvalue weighted by Crippen LogP contribution is 2.21. The number of rotatable bonds is 8. The molecule has 0 unspecified atom stereocenters. The normalized spacial score (nSPS) is 10.5. The van der Waals surface area contributed by atoms with Gasteiger partial charge in [-0.2, -0.15) is 0 Å². The third-order valence-corrected chi connectivity index (χ3v) is 4.37. The summed E-state index contributed by atoms with van der Waals surface area (Å²) in [5.41, 5.74) is 1.36. The molecule has 0 bridgehead atoms. The molecular formula is C19H22BrN3O3. The van der Waals surface area contributed by atoms with Crippen LogP contribution in [0.25, 0.3) is 0 Å². The minimum Gasteiger partial charge on any atom is -0.497 e. The Labute approximate surface area is 161 Å². The van der Waals surface area contributed by atoms with Crippen LogP contribution in [-0.2, 0) is 9.59 Å². The van der Waals surface area contributed by atoms with E-state index >= 15 is 0 Å². The van der Waals surface area contributed by atoms with Crippen LogP contribution in [0, 0.1) is 0 Å². The minimum atomic E-state index is -0.186. The number of methoxy groups -OCH3 is 1. The quantitative estimate of drug-likeness (QED) is 0.687. The molecule has 0 aromatic heterocycles. The van der Waals surface area contributed by atoms with E-state index < -0.39 is 0 Å². The first-order valence-corrected chi connectivity index (χ1v) is 9.01. The molecule has 2 N–H and O–H groups in total. The number of nitrogens with one attached hydrogen (secondary N) is 2. The van der Waals surface area contributed by atoms with Crippen molar-refractivity contribution in [2.24, 2.45) is 0 Å². The highest BCUT2D eigenvalue weighted by Gasteiger charge is 2.14. The van der Waals surface area contributed by atoms with E-state index in [-0.39, 0.29) is 24.9 Å². The number of likely N-dealkylation sites (N-methyl/N-ethyl adjacent to an activating group) is 1. The van der Waals surface area contributed by atoms with Gasteiger partial charge in [-0.25, -0.2) is 0 Å². The zero-order chi connectivity index (χ0) is 18.9. The summed E-state index contributed by atoms with van der Waals surface area (Å²) in [6.07, 6.45) is 0. The van der Waals surface area contributed by atoms with Crippen LogP contribution in [0.5, 0.6) is 5.75 Å². The molecule has 2 aromatic rings. The Bertz CT molecular complexity index is 767. The van der Waals surface area contributed by atoms with Crippen molar-refractivity contribution in [2.75, 3.05) is 37.4 Å². The number of nitrogens with zero attached hydrogens (tertiary/aromatic N) is 1. The number of para-hydroxylation sites is 1. The molecule has 0 fully saturated rings. The Morgan fingerprint density at radius 1 is 1.04 bits per heavy atom. The summed E-state index contributed by atoms with van der Waals surface area (Å²) in [6.45, 7) is 2.74. The lowest BCUT2D eigenvalue weighted by atomic mass is 10.3. The molecule has 0 spiro atoms. The minimum absolute atomic E-state index is 0.122. The molecule has 0 saturated heterocycles. The predicted octanol–water partition coefficient (Wildman–Crippen LogP) is 3.36. The van der Waals surface area contributed by atoms with Gasteiger partial charge in [0.25, 0.3) is 0 Å². The SMILES string of the molecule is CCN(CC(=O)Nc1cccc(OC)c1)CC(=O)Nc1ccccc1Br. The topological polar surface area (TPSA) is 70.7 Å². The highest BCUT2D eigenvalue weighted by atomic mass is 79.9. The zero-order valence-corrected chi connectivity index (χ0v) is 16.4. The summed E-state index contributed by atoms with van der Waals surface area (Å²) in [5, 5.41) is 5.65. The van der Waals surface area contributed by atoms with E-state index in [2.05, 4.69) is 26.6 Å². The van der Waals surface area contributed by atoms with E-state index in [1.54, 1.807) is 36.3 Å². The van der Waals surface area contributed by atoms with E-state index in [9.17, 15) is 9.59 Å². The van der Waals surface area contributed by atoms with Gasteiger partial charge >= 0.3 is 0 Å². The number of hydrogen-bond acceptors (Lipinski definition) is 4. The molecule has 2 rings (SSSR count). The zero-order valence-electron chi connectivity index (χ0n) is 14.8. The second kappa shape index (κ2) is 9.94. The maximum absolute atomic E-state index is 12.2. The molecule has 0 atom stereocenters. The Morgan fingerprint density at radius 3 is 2.38 bits per heavy atom. The molecule has 0 aliphatic carbocycles. The number of halogens is 1. The Kier molecular flexibility index (Phi) is 7.62. The standard InChI is InChI=1S/C19H22BrN3O3/c1-3-23(13-19(25)22-17-10-5-4-9-16(17)20)12-18(24)21-14-7-6-8-15(11-14)26-2/h4-11H,3,12-13H2,1-2H3,(H,21,24)(H,22,25). The molecule has 0 heterocycles. The average molecular weight is 420 g/mol. The predicted molar refractivity (Wildman–Crippen MR) is 107 cm³/mol. The molecule has 0 saturated carbocycles. The van der Waals surface area contributed by atoms with Crippen LogP contribution < -0.4 is 15.4 Å². The van der Waals surface area contributed by atoms with Crippen LogP contribution in [0.4, 0.5) is 11.4 Å². The van der Waals surface area contributed by atoms with Gasteiger partial charge in [0.05, 0.1) is 25.9 Å². The van der Waals surface area contributed by atoms with E-state index in [1.807, 2.05) is 31.2 Å². The second-order valence-corrected chi connectivity index (χ2v) is 6.47. The van der Waals surface area contributed by atoms with Crippen LogP contribution in [0.15, 0.2) is 53.0 Å². The second-order valence-electron chi connectivity index (χ2n) is 5.61. The fourth-order valence-corrected chi connectivity index (χ4v) is 2.72. The summed E-state index contributed by atoms with van der Waals surface area (Å²) < 4.78 is 5.95. The number of amides is 2. The van der Waals surface area contributed by atoms with E-state index in [0.29, 0.717) is 23.7 Å². The highest BCUT2D eigenvalue weighted by molar-refractivity contribution is 9.10. The van der Waals surface area contributed by atoms with E-state index in [4.69, 9.17) is 4.74 Å². The maximum atomic E-state index is 12.2. The Morgan fingerprint density at radius 2 is 1.73 bits per heavy atom. The number of ether oxygens (including phenoxy) is 1. The number of carbonyl (C=O) groups is 2.